The Hall–Kier alpha value is -1.85. The highest BCUT2D eigenvalue weighted by Gasteiger charge is 2.17. The molecule has 0 saturated carbocycles. The van der Waals surface area contributed by atoms with E-state index >= 15 is 0 Å². The maximum absolute atomic E-state index is 12.4. The van der Waals surface area contributed by atoms with E-state index in [1.165, 1.54) is 17.5 Å². The summed E-state index contributed by atoms with van der Waals surface area (Å²) in [5, 5.41) is 0. The van der Waals surface area contributed by atoms with Gasteiger partial charge in [-0.25, -0.2) is 13.1 Å². The van der Waals surface area contributed by atoms with E-state index in [1.54, 1.807) is 6.07 Å². The maximum Gasteiger partial charge on any atom is 0.240 e. The van der Waals surface area contributed by atoms with E-state index in [2.05, 4.69) is 4.72 Å². The van der Waals surface area contributed by atoms with Gasteiger partial charge in [-0.2, -0.15) is 0 Å². The fourth-order valence-corrected chi connectivity index (χ4v) is 4.08. The second kappa shape index (κ2) is 7.36. The van der Waals surface area contributed by atoms with Crippen molar-refractivity contribution in [2.75, 3.05) is 13.2 Å². The highest BCUT2D eigenvalue weighted by atomic mass is 32.2. The second-order valence-corrected chi connectivity index (χ2v) is 7.92. The zero-order valence-electron chi connectivity index (χ0n) is 13.9. The lowest BCUT2D eigenvalue weighted by molar-refractivity contribution is 0.320. The number of hydrogen-bond donors (Lipinski definition) is 1. The first-order chi connectivity index (χ1) is 11.6. The molecule has 0 atom stereocenters. The quantitative estimate of drug-likeness (QED) is 0.818. The number of para-hydroxylation sites is 1. The van der Waals surface area contributed by atoms with Crippen molar-refractivity contribution in [1.82, 2.24) is 4.72 Å². The monoisotopic (exact) mass is 345 g/mol. The Kier molecular flexibility index (Phi) is 5.21. The molecule has 0 heterocycles. The van der Waals surface area contributed by atoms with Crippen LogP contribution in [0.25, 0.3) is 0 Å². The summed E-state index contributed by atoms with van der Waals surface area (Å²) in [5.74, 6) is 0.783. The van der Waals surface area contributed by atoms with E-state index in [0.717, 1.165) is 30.6 Å². The summed E-state index contributed by atoms with van der Waals surface area (Å²) in [6.07, 6.45) is 4.34. The summed E-state index contributed by atoms with van der Waals surface area (Å²) >= 11 is 0. The molecule has 0 spiro atoms. The molecule has 2 aromatic carbocycles. The van der Waals surface area contributed by atoms with Crippen LogP contribution in [-0.2, 0) is 22.9 Å². The molecule has 1 N–H and O–H groups in total. The van der Waals surface area contributed by atoms with E-state index in [4.69, 9.17) is 4.74 Å². The third kappa shape index (κ3) is 3.97. The third-order valence-corrected chi connectivity index (χ3v) is 5.83. The Bertz CT molecular complexity index is 815. The summed E-state index contributed by atoms with van der Waals surface area (Å²) in [4.78, 5) is 0.346. The van der Waals surface area contributed by atoms with E-state index in [0.29, 0.717) is 11.5 Å². The number of rotatable bonds is 6. The minimum atomic E-state index is -3.49. The average Bonchev–Trinajstić information content (AvgIpc) is 2.59. The van der Waals surface area contributed by atoms with Crippen LogP contribution in [-0.4, -0.2) is 21.6 Å². The first-order valence-corrected chi connectivity index (χ1v) is 9.84. The van der Waals surface area contributed by atoms with Crippen molar-refractivity contribution >= 4 is 10.0 Å². The highest BCUT2D eigenvalue weighted by molar-refractivity contribution is 7.89. The van der Waals surface area contributed by atoms with Crippen molar-refractivity contribution in [3.63, 3.8) is 0 Å². The number of hydrogen-bond acceptors (Lipinski definition) is 3. The zero-order chi connectivity index (χ0) is 17.0. The predicted octanol–water partition coefficient (Wildman–Crippen LogP) is 3.23. The van der Waals surface area contributed by atoms with Crippen LogP contribution < -0.4 is 9.46 Å². The van der Waals surface area contributed by atoms with Gasteiger partial charge < -0.3 is 4.74 Å². The minimum Gasteiger partial charge on any atom is -0.492 e. The smallest absolute Gasteiger partial charge is 0.240 e. The van der Waals surface area contributed by atoms with Crippen LogP contribution in [0, 0.1) is 6.92 Å². The number of ether oxygens (including phenoxy) is 1. The molecule has 1 aliphatic carbocycles. The molecule has 2 aromatic rings. The maximum atomic E-state index is 12.4. The fourth-order valence-electron chi connectivity index (χ4n) is 3.02. The Labute approximate surface area is 143 Å². The summed E-state index contributed by atoms with van der Waals surface area (Å²) in [6.45, 7) is 2.51. The van der Waals surface area contributed by atoms with Crippen LogP contribution in [0.5, 0.6) is 5.75 Å². The first kappa shape index (κ1) is 17.0. The SMILES string of the molecule is Cc1ccccc1OCCNS(=O)(=O)c1ccc2c(c1)CCCC2. The molecular formula is C19H23NO3S. The summed E-state index contributed by atoms with van der Waals surface area (Å²) in [7, 11) is -3.49. The van der Waals surface area contributed by atoms with Crippen LogP contribution in [0.4, 0.5) is 0 Å². The lowest BCUT2D eigenvalue weighted by Gasteiger charge is -2.17. The van der Waals surface area contributed by atoms with Gasteiger partial charge in [0.2, 0.25) is 10.0 Å². The third-order valence-electron chi connectivity index (χ3n) is 4.38. The van der Waals surface area contributed by atoms with Gasteiger partial charge in [-0.3, -0.25) is 0 Å². The van der Waals surface area contributed by atoms with Gasteiger partial charge in [0.05, 0.1) is 4.90 Å². The highest BCUT2D eigenvalue weighted by Crippen LogP contribution is 2.24. The molecule has 3 rings (SSSR count). The summed E-state index contributed by atoms with van der Waals surface area (Å²) < 4.78 is 33.1. The van der Waals surface area contributed by atoms with Gasteiger partial charge in [-0.15, -0.1) is 0 Å². The number of nitrogens with one attached hydrogen (secondary N) is 1. The molecule has 0 unspecified atom stereocenters. The van der Waals surface area contributed by atoms with Gasteiger partial charge in [0.15, 0.2) is 0 Å². The molecule has 0 fully saturated rings. The average molecular weight is 345 g/mol. The van der Waals surface area contributed by atoms with E-state index in [-0.39, 0.29) is 6.54 Å². The molecule has 0 bridgehead atoms. The van der Waals surface area contributed by atoms with Crippen LogP contribution in [0.1, 0.15) is 29.5 Å². The molecule has 24 heavy (non-hydrogen) atoms. The van der Waals surface area contributed by atoms with Crippen LogP contribution in [0.2, 0.25) is 0 Å². The van der Waals surface area contributed by atoms with Crippen LogP contribution in [0.15, 0.2) is 47.4 Å². The number of aryl methyl sites for hydroxylation is 3. The summed E-state index contributed by atoms with van der Waals surface area (Å²) in [6, 6.07) is 13.2. The van der Waals surface area contributed by atoms with Crippen molar-refractivity contribution in [3.05, 3.63) is 59.2 Å². The normalized spacial score (nSPS) is 14.2. The lowest BCUT2D eigenvalue weighted by Crippen LogP contribution is -2.28. The van der Waals surface area contributed by atoms with E-state index in [1.807, 2.05) is 43.3 Å². The van der Waals surface area contributed by atoms with Crippen LogP contribution >= 0.6 is 0 Å². The van der Waals surface area contributed by atoms with Gasteiger partial charge >= 0.3 is 0 Å². The molecular weight excluding hydrogens is 322 g/mol. The Morgan fingerprint density at radius 2 is 1.79 bits per heavy atom. The number of sulfonamides is 1. The largest absolute Gasteiger partial charge is 0.492 e. The Morgan fingerprint density at radius 1 is 1.04 bits per heavy atom. The van der Waals surface area contributed by atoms with Crippen molar-refractivity contribution in [2.45, 2.75) is 37.5 Å². The molecule has 0 amide bonds. The number of benzene rings is 2. The van der Waals surface area contributed by atoms with E-state index < -0.39 is 10.0 Å². The second-order valence-electron chi connectivity index (χ2n) is 6.15. The van der Waals surface area contributed by atoms with Crippen LogP contribution in [0.3, 0.4) is 0 Å². The lowest BCUT2D eigenvalue weighted by atomic mass is 9.92. The molecule has 0 aromatic heterocycles. The molecule has 0 saturated heterocycles. The number of fused-ring (bicyclic) bond motifs is 1. The van der Waals surface area contributed by atoms with Gasteiger partial charge in [0, 0.05) is 6.54 Å². The molecule has 0 aliphatic heterocycles. The molecule has 1 aliphatic rings. The Morgan fingerprint density at radius 3 is 2.58 bits per heavy atom. The van der Waals surface area contributed by atoms with Gasteiger partial charge in [-0.05, 0) is 67.5 Å². The molecule has 4 nitrogen and oxygen atoms in total. The first-order valence-electron chi connectivity index (χ1n) is 8.36. The minimum absolute atomic E-state index is 0.244. The predicted molar refractivity (Wildman–Crippen MR) is 94.9 cm³/mol. The van der Waals surface area contributed by atoms with E-state index in [9.17, 15) is 8.42 Å². The molecule has 5 heteroatoms. The van der Waals surface area contributed by atoms with Crippen molar-refractivity contribution in [1.29, 1.82) is 0 Å². The van der Waals surface area contributed by atoms with Gasteiger partial charge in [-0.1, -0.05) is 24.3 Å². The standard InChI is InChI=1S/C19H23NO3S/c1-15-6-2-5-9-19(15)23-13-12-20-24(21,22)18-11-10-16-7-3-4-8-17(16)14-18/h2,5-6,9-11,14,20H,3-4,7-8,12-13H2,1H3. The summed E-state index contributed by atoms with van der Waals surface area (Å²) in [5.41, 5.74) is 3.48. The molecule has 0 radical (unpaired) electrons. The zero-order valence-corrected chi connectivity index (χ0v) is 14.7. The van der Waals surface area contributed by atoms with Crippen molar-refractivity contribution < 1.29 is 13.2 Å². The van der Waals surface area contributed by atoms with Gasteiger partial charge in [0.25, 0.3) is 0 Å². The topological polar surface area (TPSA) is 55.4 Å². The van der Waals surface area contributed by atoms with Gasteiger partial charge in [0.1, 0.15) is 12.4 Å². The van der Waals surface area contributed by atoms with Crippen molar-refractivity contribution in [3.8, 4) is 5.75 Å². The fraction of sp³-hybridized carbons (Fsp3) is 0.368. The molecule has 128 valence electrons. The van der Waals surface area contributed by atoms with Crippen molar-refractivity contribution in [2.24, 2.45) is 0 Å². The Balaban J connectivity index is 1.59.